The summed E-state index contributed by atoms with van der Waals surface area (Å²) in [5.41, 5.74) is 0.939. The van der Waals surface area contributed by atoms with Gasteiger partial charge in [0.15, 0.2) is 0 Å². The van der Waals surface area contributed by atoms with Gasteiger partial charge in [0.25, 0.3) is 5.91 Å². The highest BCUT2D eigenvalue weighted by Gasteiger charge is 2.28. The first-order valence-corrected chi connectivity index (χ1v) is 8.81. The fraction of sp³-hybridized carbons (Fsp3) is 0.200. The number of halogens is 1. The molecule has 0 aliphatic carbocycles. The standard InChI is InChI=1S/C20H18ClNO6/c1-25-16-8-7-14(11-15(16)21)22-19(23)18(13-5-3-2-4-6-13)28-20(24)17-12-26-9-10-27-17/h2-8,11-12,18H,9-10H2,1H3,(H,22,23)/t18-/m0/s1. The predicted octanol–water partition coefficient (Wildman–Crippen LogP) is 3.46. The van der Waals surface area contributed by atoms with Crippen LogP contribution in [0.25, 0.3) is 0 Å². The zero-order valence-corrected chi connectivity index (χ0v) is 15.8. The monoisotopic (exact) mass is 403 g/mol. The Kier molecular flexibility index (Phi) is 6.39. The molecule has 8 heteroatoms. The van der Waals surface area contributed by atoms with Crippen molar-refractivity contribution in [2.24, 2.45) is 0 Å². The fourth-order valence-electron chi connectivity index (χ4n) is 2.49. The van der Waals surface area contributed by atoms with Gasteiger partial charge in [0.1, 0.15) is 25.2 Å². The molecule has 7 nitrogen and oxygen atoms in total. The summed E-state index contributed by atoms with van der Waals surface area (Å²) in [6.07, 6.45) is -0.0179. The summed E-state index contributed by atoms with van der Waals surface area (Å²) in [4.78, 5) is 25.2. The Morgan fingerprint density at radius 2 is 1.93 bits per heavy atom. The Hall–Kier alpha value is -3.19. The summed E-state index contributed by atoms with van der Waals surface area (Å²) in [5, 5.41) is 3.03. The van der Waals surface area contributed by atoms with Crippen LogP contribution < -0.4 is 10.1 Å². The van der Waals surface area contributed by atoms with Crippen LogP contribution in [0.1, 0.15) is 11.7 Å². The van der Waals surface area contributed by atoms with Crippen molar-refractivity contribution in [1.29, 1.82) is 0 Å². The second-order valence-electron chi connectivity index (χ2n) is 5.74. The van der Waals surface area contributed by atoms with Gasteiger partial charge in [-0.15, -0.1) is 0 Å². The lowest BCUT2D eigenvalue weighted by molar-refractivity contribution is -0.155. The SMILES string of the molecule is COc1ccc(NC(=O)[C@@H](OC(=O)C2=COCCO2)c2ccccc2)cc1Cl. The molecule has 3 rings (SSSR count). The van der Waals surface area contributed by atoms with Crippen molar-refractivity contribution in [2.45, 2.75) is 6.10 Å². The molecule has 2 aromatic carbocycles. The van der Waals surface area contributed by atoms with E-state index in [0.717, 1.165) is 0 Å². The molecule has 1 aliphatic rings. The maximum absolute atomic E-state index is 12.8. The van der Waals surface area contributed by atoms with E-state index < -0.39 is 18.0 Å². The number of rotatable bonds is 6. The molecule has 28 heavy (non-hydrogen) atoms. The summed E-state index contributed by atoms with van der Waals surface area (Å²) < 4.78 is 20.8. The Balaban J connectivity index is 1.80. The van der Waals surface area contributed by atoms with Crippen LogP contribution >= 0.6 is 11.6 Å². The minimum absolute atomic E-state index is 0.0903. The molecule has 1 heterocycles. The Labute approximate surface area is 166 Å². The minimum Gasteiger partial charge on any atom is -0.495 e. The lowest BCUT2D eigenvalue weighted by Crippen LogP contribution is -2.27. The predicted molar refractivity (Wildman–Crippen MR) is 102 cm³/mol. The quantitative estimate of drug-likeness (QED) is 0.744. The van der Waals surface area contributed by atoms with Gasteiger partial charge < -0.3 is 24.3 Å². The van der Waals surface area contributed by atoms with E-state index in [1.54, 1.807) is 48.5 Å². The molecule has 1 amide bonds. The third-order valence-electron chi connectivity index (χ3n) is 3.83. The van der Waals surface area contributed by atoms with Crippen molar-refractivity contribution in [2.75, 3.05) is 25.6 Å². The molecule has 1 N–H and O–H groups in total. The Morgan fingerprint density at radius 3 is 2.57 bits per heavy atom. The maximum Gasteiger partial charge on any atom is 0.378 e. The molecular formula is C20H18ClNO6. The molecule has 0 saturated carbocycles. The number of carbonyl (C=O) groups is 2. The molecule has 0 radical (unpaired) electrons. The van der Waals surface area contributed by atoms with Gasteiger partial charge in [-0.2, -0.15) is 0 Å². The topological polar surface area (TPSA) is 83.1 Å². The molecule has 0 fully saturated rings. The first kappa shape index (κ1) is 19.6. The van der Waals surface area contributed by atoms with Gasteiger partial charge in [0.2, 0.25) is 11.9 Å². The van der Waals surface area contributed by atoms with E-state index in [1.165, 1.54) is 13.4 Å². The second-order valence-corrected chi connectivity index (χ2v) is 6.14. The molecule has 0 bridgehead atoms. The van der Waals surface area contributed by atoms with E-state index in [-0.39, 0.29) is 12.4 Å². The van der Waals surface area contributed by atoms with E-state index in [2.05, 4.69) is 5.32 Å². The minimum atomic E-state index is -1.19. The van der Waals surface area contributed by atoms with Crippen molar-refractivity contribution in [3.63, 3.8) is 0 Å². The summed E-state index contributed by atoms with van der Waals surface area (Å²) in [6, 6.07) is 13.5. The number of nitrogens with one attached hydrogen (secondary N) is 1. The molecular weight excluding hydrogens is 386 g/mol. The van der Waals surface area contributed by atoms with Crippen LogP contribution in [0.2, 0.25) is 5.02 Å². The van der Waals surface area contributed by atoms with Gasteiger partial charge in [-0.3, -0.25) is 4.79 Å². The lowest BCUT2D eigenvalue weighted by Gasteiger charge is -2.20. The number of amides is 1. The van der Waals surface area contributed by atoms with E-state index >= 15 is 0 Å². The van der Waals surface area contributed by atoms with E-state index in [9.17, 15) is 9.59 Å². The molecule has 2 aromatic rings. The van der Waals surface area contributed by atoms with Gasteiger partial charge in [0, 0.05) is 11.3 Å². The molecule has 0 unspecified atom stereocenters. The first-order chi connectivity index (χ1) is 13.6. The highest BCUT2D eigenvalue weighted by molar-refractivity contribution is 6.32. The Morgan fingerprint density at radius 1 is 1.14 bits per heavy atom. The first-order valence-electron chi connectivity index (χ1n) is 8.43. The average Bonchev–Trinajstić information content (AvgIpc) is 2.73. The summed E-state index contributed by atoms with van der Waals surface area (Å²) >= 11 is 6.10. The molecule has 0 spiro atoms. The molecule has 146 valence electrons. The van der Waals surface area contributed by atoms with Crippen LogP contribution in [0.15, 0.2) is 60.6 Å². The van der Waals surface area contributed by atoms with Crippen molar-refractivity contribution >= 4 is 29.2 Å². The zero-order chi connectivity index (χ0) is 19.9. The molecule has 1 aliphatic heterocycles. The summed E-state index contributed by atoms with van der Waals surface area (Å²) in [7, 11) is 1.50. The normalized spacial score (nSPS) is 14.0. The lowest BCUT2D eigenvalue weighted by atomic mass is 10.1. The smallest absolute Gasteiger partial charge is 0.378 e. The number of hydrogen-bond donors (Lipinski definition) is 1. The summed E-state index contributed by atoms with van der Waals surface area (Å²) in [6.45, 7) is 0.574. The number of hydrogen-bond acceptors (Lipinski definition) is 6. The Bertz CT molecular complexity index is 884. The third-order valence-corrected chi connectivity index (χ3v) is 4.13. The van der Waals surface area contributed by atoms with Gasteiger partial charge in [-0.25, -0.2) is 4.79 Å². The van der Waals surface area contributed by atoms with E-state index in [4.69, 9.17) is 30.5 Å². The number of anilines is 1. The summed E-state index contributed by atoms with van der Waals surface area (Å²) in [5.74, 6) is -0.950. The average molecular weight is 404 g/mol. The third kappa shape index (κ3) is 4.75. The van der Waals surface area contributed by atoms with Gasteiger partial charge in [-0.1, -0.05) is 41.9 Å². The number of esters is 1. The molecule has 1 atom stereocenters. The molecule has 0 saturated heterocycles. The largest absolute Gasteiger partial charge is 0.495 e. The van der Waals surface area contributed by atoms with Crippen molar-refractivity contribution < 1.29 is 28.5 Å². The van der Waals surface area contributed by atoms with Crippen LogP contribution in [0.3, 0.4) is 0 Å². The highest BCUT2D eigenvalue weighted by Crippen LogP contribution is 2.28. The highest BCUT2D eigenvalue weighted by atomic mass is 35.5. The van der Waals surface area contributed by atoms with Crippen LogP contribution in [-0.4, -0.2) is 32.2 Å². The number of methoxy groups -OCH3 is 1. The van der Waals surface area contributed by atoms with E-state index in [0.29, 0.717) is 28.6 Å². The van der Waals surface area contributed by atoms with Gasteiger partial charge in [0.05, 0.1) is 12.1 Å². The fourth-order valence-corrected chi connectivity index (χ4v) is 2.75. The maximum atomic E-state index is 12.8. The van der Waals surface area contributed by atoms with Crippen LogP contribution in [0, 0.1) is 0 Å². The van der Waals surface area contributed by atoms with Crippen LogP contribution in [0.4, 0.5) is 5.69 Å². The molecule has 0 aromatic heterocycles. The van der Waals surface area contributed by atoms with Gasteiger partial charge >= 0.3 is 5.97 Å². The van der Waals surface area contributed by atoms with Crippen molar-refractivity contribution in [3.8, 4) is 5.75 Å². The van der Waals surface area contributed by atoms with Gasteiger partial charge in [-0.05, 0) is 18.2 Å². The number of ether oxygens (including phenoxy) is 4. The van der Waals surface area contributed by atoms with Crippen molar-refractivity contribution in [1.82, 2.24) is 0 Å². The second kappa shape index (κ2) is 9.14. The zero-order valence-electron chi connectivity index (χ0n) is 15.0. The number of benzene rings is 2. The van der Waals surface area contributed by atoms with Crippen molar-refractivity contribution in [3.05, 3.63) is 71.1 Å². The van der Waals surface area contributed by atoms with E-state index in [1.807, 2.05) is 0 Å². The number of carbonyl (C=O) groups excluding carboxylic acids is 2. The van der Waals surface area contributed by atoms with Crippen LogP contribution in [0.5, 0.6) is 5.75 Å². The van der Waals surface area contributed by atoms with Crippen LogP contribution in [-0.2, 0) is 23.8 Å².